The van der Waals surface area contributed by atoms with E-state index in [4.69, 9.17) is 4.74 Å². The van der Waals surface area contributed by atoms with Gasteiger partial charge in [0.25, 0.3) is 5.91 Å². The van der Waals surface area contributed by atoms with Crippen LogP contribution in [0.15, 0.2) is 60.9 Å². The highest BCUT2D eigenvalue weighted by Crippen LogP contribution is 2.21. The van der Waals surface area contributed by atoms with Crippen molar-refractivity contribution in [1.29, 1.82) is 0 Å². The van der Waals surface area contributed by atoms with E-state index in [1.165, 1.54) is 0 Å². The number of amides is 1. The van der Waals surface area contributed by atoms with Crippen molar-refractivity contribution in [3.63, 3.8) is 0 Å². The van der Waals surface area contributed by atoms with Gasteiger partial charge in [0.15, 0.2) is 0 Å². The molecule has 0 saturated heterocycles. The van der Waals surface area contributed by atoms with Gasteiger partial charge in [0.2, 0.25) is 0 Å². The van der Waals surface area contributed by atoms with Crippen LogP contribution in [0.3, 0.4) is 0 Å². The molecule has 0 saturated carbocycles. The number of fused-ring (bicyclic) bond motifs is 2. The minimum atomic E-state index is -0.110. The van der Waals surface area contributed by atoms with Gasteiger partial charge in [-0.05, 0) is 48.5 Å². The van der Waals surface area contributed by atoms with Crippen LogP contribution in [0.4, 0.5) is 5.69 Å². The Bertz CT molecular complexity index is 1050. The van der Waals surface area contributed by atoms with Gasteiger partial charge in [0.05, 0.1) is 6.61 Å². The molecule has 0 bridgehead atoms. The number of carbonyl (C=O) groups is 1. The van der Waals surface area contributed by atoms with Crippen LogP contribution in [0.1, 0.15) is 10.4 Å². The molecule has 2 heterocycles. The summed E-state index contributed by atoms with van der Waals surface area (Å²) >= 11 is 0. The Balaban J connectivity index is 1.56. The molecule has 2 aromatic carbocycles. The summed E-state index contributed by atoms with van der Waals surface area (Å²) in [7, 11) is 1.69. The van der Waals surface area contributed by atoms with Gasteiger partial charge in [-0.15, -0.1) is 0 Å². The van der Waals surface area contributed by atoms with Crippen molar-refractivity contribution in [3.05, 3.63) is 66.5 Å². The van der Waals surface area contributed by atoms with Crippen LogP contribution < -0.4 is 5.32 Å². The molecule has 4 aromatic rings. The number of anilines is 1. The Morgan fingerprint density at radius 3 is 2.92 bits per heavy atom. The lowest BCUT2D eigenvalue weighted by molar-refractivity contribution is 0.102. The van der Waals surface area contributed by atoms with Gasteiger partial charge < -0.3 is 19.6 Å². The summed E-state index contributed by atoms with van der Waals surface area (Å²) in [6, 6.07) is 15.6. The lowest BCUT2D eigenvalue weighted by Crippen LogP contribution is -2.11. The largest absolute Gasteiger partial charge is 0.383 e. The SMILES string of the molecule is COCCn1ccc2cc(C(=O)Nc3ccc4[nH]ccc4c3)ccc21. The second-order valence-corrected chi connectivity index (χ2v) is 6.01. The van der Waals surface area contributed by atoms with E-state index in [1.54, 1.807) is 7.11 Å². The molecule has 0 aliphatic rings. The zero-order valence-corrected chi connectivity index (χ0v) is 14.0. The number of nitrogens with zero attached hydrogens (tertiary/aromatic N) is 1. The molecular weight excluding hydrogens is 314 g/mol. The lowest BCUT2D eigenvalue weighted by Gasteiger charge is -2.07. The number of H-pyrrole nitrogens is 1. The van der Waals surface area contributed by atoms with Gasteiger partial charge in [-0.1, -0.05) is 0 Å². The molecule has 0 spiro atoms. The molecule has 0 unspecified atom stereocenters. The van der Waals surface area contributed by atoms with E-state index in [9.17, 15) is 4.79 Å². The average Bonchev–Trinajstić information content (AvgIpc) is 3.25. The van der Waals surface area contributed by atoms with Crippen molar-refractivity contribution in [2.24, 2.45) is 0 Å². The summed E-state index contributed by atoms with van der Waals surface area (Å²) in [6.45, 7) is 1.45. The number of carbonyl (C=O) groups excluding carboxylic acids is 1. The van der Waals surface area contributed by atoms with Crippen molar-refractivity contribution in [1.82, 2.24) is 9.55 Å². The fourth-order valence-electron chi connectivity index (χ4n) is 3.06. The molecule has 2 N–H and O–H groups in total. The molecule has 25 heavy (non-hydrogen) atoms. The van der Waals surface area contributed by atoms with E-state index >= 15 is 0 Å². The van der Waals surface area contributed by atoms with Crippen molar-refractivity contribution >= 4 is 33.4 Å². The first-order valence-corrected chi connectivity index (χ1v) is 8.21. The van der Waals surface area contributed by atoms with Crippen LogP contribution in [0.2, 0.25) is 0 Å². The minimum Gasteiger partial charge on any atom is -0.383 e. The minimum absolute atomic E-state index is 0.110. The number of hydrogen-bond donors (Lipinski definition) is 2. The Labute approximate surface area is 145 Å². The summed E-state index contributed by atoms with van der Waals surface area (Å²) in [6.07, 6.45) is 3.91. The fraction of sp³-hybridized carbons (Fsp3) is 0.150. The van der Waals surface area contributed by atoms with Crippen LogP contribution >= 0.6 is 0 Å². The molecular formula is C20H19N3O2. The van der Waals surface area contributed by atoms with Gasteiger partial charge in [-0.3, -0.25) is 4.79 Å². The van der Waals surface area contributed by atoms with Gasteiger partial charge in [-0.25, -0.2) is 0 Å². The number of ether oxygens (including phenoxy) is 1. The Kier molecular flexibility index (Phi) is 3.99. The van der Waals surface area contributed by atoms with Gasteiger partial charge in [-0.2, -0.15) is 0 Å². The van der Waals surface area contributed by atoms with Crippen LogP contribution in [0, 0.1) is 0 Å². The predicted octanol–water partition coefficient (Wildman–Crippen LogP) is 4.02. The third kappa shape index (κ3) is 3.02. The van der Waals surface area contributed by atoms with E-state index < -0.39 is 0 Å². The molecule has 0 radical (unpaired) electrons. The number of rotatable bonds is 5. The summed E-state index contributed by atoms with van der Waals surface area (Å²) in [5.74, 6) is -0.110. The van der Waals surface area contributed by atoms with Gasteiger partial charge in [0.1, 0.15) is 0 Å². The zero-order valence-electron chi connectivity index (χ0n) is 14.0. The highest BCUT2D eigenvalue weighted by molar-refractivity contribution is 6.07. The van der Waals surface area contributed by atoms with E-state index in [2.05, 4.69) is 14.9 Å². The van der Waals surface area contributed by atoms with E-state index in [-0.39, 0.29) is 5.91 Å². The van der Waals surface area contributed by atoms with Crippen LogP contribution in [0.5, 0.6) is 0 Å². The second kappa shape index (κ2) is 6.45. The zero-order chi connectivity index (χ0) is 17.2. The maximum absolute atomic E-state index is 12.6. The van der Waals surface area contributed by atoms with Crippen molar-refractivity contribution in [3.8, 4) is 0 Å². The summed E-state index contributed by atoms with van der Waals surface area (Å²) in [5, 5.41) is 5.09. The molecule has 5 heteroatoms. The quantitative estimate of drug-likeness (QED) is 0.579. The third-order valence-corrected chi connectivity index (χ3v) is 4.38. The number of aromatic amines is 1. The Morgan fingerprint density at radius 1 is 1.12 bits per heavy atom. The standard InChI is InChI=1S/C20H19N3O2/c1-25-11-10-23-9-7-15-12-16(2-5-19(15)23)20(24)22-17-3-4-18-14(13-17)6-8-21-18/h2-9,12-13,21H,10-11H2,1H3,(H,22,24). The molecule has 0 fully saturated rings. The van der Waals surface area contributed by atoms with Crippen LogP contribution in [-0.2, 0) is 11.3 Å². The Hall–Kier alpha value is -3.05. The van der Waals surface area contributed by atoms with Gasteiger partial charge in [0, 0.05) is 59.1 Å². The van der Waals surface area contributed by atoms with Crippen molar-refractivity contribution in [2.45, 2.75) is 6.54 Å². The number of benzene rings is 2. The monoisotopic (exact) mass is 333 g/mol. The number of nitrogens with one attached hydrogen (secondary N) is 2. The average molecular weight is 333 g/mol. The normalized spacial score (nSPS) is 11.2. The molecule has 0 atom stereocenters. The second-order valence-electron chi connectivity index (χ2n) is 6.01. The summed E-state index contributed by atoms with van der Waals surface area (Å²) in [5.41, 5.74) is 3.58. The molecule has 1 amide bonds. The van der Waals surface area contributed by atoms with E-state index in [0.29, 0.717) is 12.2 Å². The highest BCUT2D eigenvalue weighted by Gasteiger charge is 2.09. The summed E-state index contributed by atoms with van der Waals surface area (Å²) in [4.78, 5) is 15.7. The summed E-state index contributed by atoms with van der Waals surface area (Å²) < 4.78 is 7.26. The maximum atomic E-state index is 12.6. The number of methoxy groups -OCH3 is 1. The first-order valence-electron chi connectivity index (χ1n) is 8.21. The van der Waals surface area contributed by atoms with Crippen LogP contribution in [-0.4, -0.2) is 29.2 Å². The predicted molar refractivity (Wildman–Crippen MR) is 100 cm³/mol. The fourth-order valence-corrected chi connectivity index (χ4v) is 3.06. The molecule has 4 rings (SSSR count). The maximum Gasteiger partial charge on any atom is 0.255 e. The van der Waals surface area contributed by atoms with E-state index in [1.807, 2.05) is 60.9 Å². The number of hydrogen-bond acceptors (Lipinski definition) is 2. The molecule has 0 aliphatic carbocycles. The van der Waals surface area contributed by atoms with Crippen molar-refractivity contribution in [2.75, 3.05) is 19.0 Å². The number of aromatic nitrogens is 2. The first-order chi connectivity index (χ1) is 12.2. The van der Waals surface area contributed by atoms with Crippen LogP contribution in [0.25, 0.3) is 21.8 Å². The molecule has 0 aliphatic heterocycles. The van der Waals surface area contributed by atoms with Crippen molar-refractivity contribution < 1.29 is 9.53 Å². The highest BCUT2D eigenvalue weighted by atomic mass is 16.5. The van der Waals surface area contributed by atoms with E-state index in [0.717, 1.165) is 34.0 Å². The molecule has 126 valence electrons. The molecule has 2 aromatic heterocycles. The third-order valence-electron chi connectivity index (χ3n) is 4.38. The molecule has 5 nitrogen and oxygen atoms in total. The smallest absolute Gasteiger partial charge is 0.255 e. The first kappa shape index (κ1) is 15.5. The Morgan fingerprint density at radius 2 is 2.04 bits per heavy atom. The van der Waals surface area contributed by atoms with Gasteiger partial charge >= 0.3 is 0 Å². The lowest BCUT2D eigenvalue weighted by atomic mass is 10.1. The topological polar surface area (TPSA) is 59.0 Å².